The molecule has 1 aliphatic carbocycles. The molecule has 2 aromatic heterocycles. The van der Waals surface area contributed by atoms with Gasteiger partial charge in [0.25, 0.3) is 0 Å². The summed E-state index contributed by atoms with van der Waals surface area (Å²) in [5.74, 6) is 0.756. The summed E-state index contributed by atoms with van der Waals surface area (Å²) in [6.07, 6.45) is 2.05. The second kappa shape index (κ2) is 9.12. The lowest BCUT2D eigenvalue weighted by molar-refractivity contribution is 0.636. The van der Waals surface area contributed by atoms with Crippen molar-refractivity contribution < 1.29 is 0 Å². The minimum Gasteiger partial charge on any atom is -0.309 e. The van der Waals surface area contributed by atoms with E-state index in [9.17, 15) is 0 Å². The second-order valence-corrected chi connectivity index (χ2v) is 13.0. The zero-order valence-corrected chi connectivity index (χ0v) is 25.6. The molecule has 3 nitrogen and oxygen atoms in total. The average molecular weight is 588 g/mol. The Labute approximate surface area is 266 Å². The minimum atomic E-state index is -0.271. The van der Waals surface area contributed by atoms with E-state index in [0.717, 1.165) is 33.8 Å². The van der Waals surface area contributed by atoms with Crippen LogP contribution in [0.3, 0.4) is 0 Å². The highest BCUT2D eigenvalue weighted by Crippen LogP contribution is 2.51. The van der Waals surface area contributed by atoms with Crippen molar-refractivity contribution in [2.75, 3.05) is 0 Å². The molecule has 0 atom stereocenters. The molecular weight excluding hydrogens is 558 g/mol. The van der Waals surface area contributed by atoms with Gasteiger partial charge in [-0.2, -0.15) is 0 Å². The van der Waals surface area contributed by atoms with Crippen molar-refractivity contribution in [3.8, 4) is 28.2 Å². The van der Waals surface area contributed by atoms with Crippen LogP contribution in [0.4, 0.5) is 0 Å². The largest absolute Gasteiger partial charge is 0.309 e. The minimum absolute atomic E-state index is 0.271. The van der Waals surface area contributed by atoms with Gasteiger partial charge >= 0.3 is 0 Å². The fourth-order valence-electron chi connectivity index (χ4n) is 7.98. The van der Waals surface area contributed by atoms with E-state index in [-0.39, 0.29) is 5.41 Å². The third kappa shape index (κ3) is 3.37. The third-order valence-corrected chi connectivity index (χ3v) is 10.2. The van der Waals surface area contributed by atoms with Crippen LogP contribution >= 0.6 is 0 Å². The predicted octanol–water partition coefficient (Wildman–Crippen LogP) is 11.0. The smallest absolute Gasteiger partial charge is 0.159 e. The number of hydrogen-bond donors (Lipinski definition) is 0. The van der Waals surface area contributed by atoms with Crippen molar-refractivity contribution in [1.29, 1.82) is 0 Å². The first-order valence-corrected chi connectivity index (χ1v) is 15.9. The molecule has 0 fully saturated rings. The first-order chi connectivity index (χ1) is 22.6. The molecule has 0 aliphatic heterocycles. The molecule has 0 bridgehead atoms. The molecule has 0 saturated carbocycles. The standard InChI is InChI=1S/C43H29N3/c1-43(2)38-24-35-31-17-9-7-15-29(31)28-14-6-8-16-30(28)34(35)23-36(38)37-25-44-42(45-41(37)43)26-20-21-33-32-18-10-11-19-39(32)46(40(33)22-26)27-12-4-3-5-13-27/h3-25H,1-2H3. The van der Waals surface area contributed by atoms with Gasteiger partial charge < -0.3 is 4.57 Å². The molecule has 216 valence electrons. The topological polar surface area (TPSA) is 30.7 Å². The Kier molecular flexibility index (Phi) is 5.06. The number of para-hydroxylation sites is 2. The molecule has 0 amide bonds. The SMILES string of the molecule is CC1(C)c2cc3c4ccccc4c4ccccc4c3cc2-c2cnc(-c3ccc4c5ccccc5n(-c5ccccc5)c4c3)nc21. The van der Waals surface area contributed by atoms with Crippen molar-refractivity contribution >= 4 is 54.1 Å². The van der Waals surface area contributed by atoms with Gasteiger partial charge in [0.05, 0.1) is 16.7 Å². The first-order valence-electron chi connectivity index (χ1n) is 15.9. The van der Waals surface area contributed by atoms with Gasteiger partial charge in [0.1, 0.15) is 0 Å². The lowest BCUT2D eigenvalue weighted by Crippen LogP contribution is -2.17. The number of nitrogens with zero attached hydrogens (tertiary/aromatic N) is 3. The van der Waals surface area contributed by atoms with Crippen LogP contribution < -0.4 is 0 Å². The van der Waals surface area contributed by atoms with Crippen LogP contribution in [-0.4, -0.2) is 14.5 Å². The van der Waals surface area contributed by atoms with E-state index in [1.54, 1.807) is 0 Å². The zero-order valence-electron chi connectivity index (χ0n) is 25.6. The van der Waals surface area contributed by atoms with Crippen LogP contribution in [0.15, 0.2) is 140 Å². The van der Waals surface area contributed by atoms with Crippen molar-refractivity contribution in [3.63, 3.8) is 0 Å². The van der Waals surface area contributed by atoms with Crippen LogP contribution in [-0.2, 0) is 5.41 Å². The Morgan fingerprint density at radius 2 is 1.09 bits per heavy atom. The number of aromatic nitrogens is 3. The Balaban J connectivity index is 1.18. The van der Waals surface area contributed by atoms with Crippen molar-refractivity contribution in [3.05, 3.63) is 151 Å². The molecule has 2 heterocycles. The van der Waals surface area contributed by atoms with E-state index in [1.165, 1.54) is 59.7 Å². The van der Waals surface area contributed by atoms with Crippen molar-refractivity contribution in [1.82, 2.24) is 14.5 Å². The highest BCUT2D eigenvalue weighted by molar-refractivity contribution is 6.26. The van der Waals surface area contributed by atoms with Gasteiger partial charge in [-0.25, -0.2) is 9.97 Å². The quantitative estimate of drug-likeness (QED) is 0.188. The summed E-state index contributed by atoms with van der Waals surface area (Å²) in [5.41, 5.74) is 8.99. The summed E-state index contributed by atoms with van der Waals surface area (Å²) in [4.78, 5) is 10.4. The zero-order chi connectivity index (χ0) is 30.6. The summed E-state index contributed by atoms with van der Waals surface area (Å²) in [7, 11) is 0. The molecule has 0 spiro atoms. The predicted molar refractivity (Wildman–Crippen MR) is 192 cm³/mol. The maximum atomic E-state index is 5.35. The van der Waals surface area contributed by atoms with Gasteiger partial charge in [0.15, 0.2) is 5.82 Å². The van der Waals surface area contributed by atoms with Gasteiger partial charge in [-0.05, 0) is 79.8 Å². The molecule has 10 rings (SSSR count). The third-order valence-electron chi connectivity index (χ3n) is 10.2. The van der Waals surface area contributed by atoms with Crippen LogP contribution in [0.5, 0.6) is 0 Å². The van der Waals surface area contributed by atoms with Crippen LogP contribution in [0.25, 0.3) is 82.3 Å². The highest BCUT2D eigenvalue weighted by atomic mass is 15.0. The van der Waals surface area contributed by atoms with E-state index in [4.69, 9.17) is 9.97 Å². The second-order valence-electron chi connectivity index (χ2n) is 13.0. The Morgan fingerprint density at radius 1 is 0.500 bits per heavy atom. The molecule has 46 heavy (non-hydrogen) atoms. The van der Waals surface area contributed by atoms with E-state index in [2.05, 4.69) is 158 Å². The molecule has 0 radical (unpaired) electrons. The van der Waals surface area contributed by atoms with Crippen LogP contribution in [0.2, 0.25) is 0 Å². The number of benzene rings is 7. The lowest BCUT2D eigenvalue weighted by atomic mass is 9.83. The van der Waals surface area contributed by atoms with Gasteiger partial charge in [-0.3, -0.25) is 0 Å². The van der Waals surface area contributed by atoms with Gasteiger partial charge in [-0.1, -0.05) is 111 Å². The van der Waals surface area contributed by atoms with Crippen LogP contribution in [0.1, 0.15) is 25.1 Å². The normalized spacial score (nSPS) is 13.6. The van der Waals surface area contributed by atoms with Gasteiger partial charge in [-0.15, -0.1) is 0 Å². The Bertz CT molecular complexity index is 2720. The van der Waals surface area contributed by atoms with Gasteiger partial charge in [0, 0.05) is 39.2 Å². The van der Waals surface area contributed by atoms with Crippen LogP contribution in [0, 0.1) is 0 Å². The molecule has 1 aliphatic rings. The molecular formula is C43H29N3. The van der Waals surface area contributed by atoms with Gasteiger partial charge in [0.2, 0.25) is 0 Å². The maximum absolute atomic E-state index is 5.35. The summed E-state index contributed by atoms with van der Waals surface area (Å²) >= 11 is 0. The number of rotatable bonds is 2. The fraction of sp³-hybridized carbons (Fsp3) is 0.0698. The molecule has 0 saturated heterocycles. The summed E-state index contributed by atoms with van der Waals surface area (Å²) in [5, 5.41) is 10.2. The van der Waals surface area contributed by atoms with E-state index < -0.39 is 0 Å². The first kappa shape index (κ1) is 25.5. The Hall–Kier alpha value is -5.80. The summed E-state index contributed by atoms with van der Waals surface area (Å²) < 4.78 is 2.35. The van der Waals surface area contributed by atoms with E-state index in [1.807, 2.05) is 0 Å². The monoisotopic (exact) mass is 587 g/mol. The van der Waals surface area contributed by atoms with E-state index >= 15 is 0 Å². The Morgan fingerprint density at radius 3 is 1.80 bits per heavy atom. The maximum Gasteiger partial charge on any atom is 0.159 e. The molecule has 9 aromatic rings. The average Bonchev–Trinajstić information content (AvgIpc) is 3.55. The van der Waals surface area contributed by atoms with E-state index in [0.29, 0.717) is 0 Å². The van der Waals surface area contributed by atoms with Crippen molar-refractivity contribution in [2.24, 2.45) is 0 Å². The highest BCUT2D eigenvalue weighted by Gasteiger charge is 2.38. The molecule has 3 heteroatoms. The molecule has 0 unspecified atom stereocenters. The number of fused-ring (bicyclic) bond motifs is 12. The lowest BCUT2D eigenvalue weighted by Gasteiger charge is -2.21. The molecule has 7 aromatic carbocycles. The fourth-order valence-corrected chi connectivity index (χ4v) is 7.98. The number of hydrogen-bond acceptors (Lipinski definition) is 2. The summed E-state index contributed by atoms with van der Waals surface area (Å²) in [6, 6.07) is 48.3. The molecule has 0 N–H and O–H groups in total. The summed E-state index contributed by atoms with van der Waals surface area (Å²) in [6.45, 7) is 4.61. The van der Waals surface area contributed by atoms with Crippen molar-refractivity contribution in [2.45, 2.75) is 19.3 Å².